The standard InChI is InChI=1S/C24H21FN6O2/c1-30(13-19-9-15-8-17(25)5-6-20(15)29-19)24(33)16-10-21-23(27-11-16)28-12-22(32)31(21)14-18-4-2-3-7-26-18/h2-11,29H,12-14H2,1H3,(H,27,28). The van der Waals surface area contributed by atoms with Crippen molar-refractivity contribution in [2.75, 3.05) is 23.8 Å². The van der Waals surface area contributed by atoms with E-state index in [0.717, 1.165) is 22.3 Å². The van der Waals surface area contributed by atoms with Gasteiger partial charge in [-0.3, -0.25) is 14.6 Å². The Balaban J connectivity index is 1.38. The molecule has 0 bridgehead atoms. The summed E-state index contributed by atoms with van der Waals surface area (Å²) < 4.78 is 13.5. The van der Waals surface area contributed by atoms with Gasteiger partial charge < -0.3 is 20.1 Å². The summed E-state index contributed by atoms with van der Waals surface area (Å²) in [5, 5.41) is 3.75. The fourth-order valence-electron chi connectivity index (χ4n) is 3.92. The van der Waals surface area contributed by atoms with Gasteiger partial charge in [0.25, 0.3) is 5.91 Å². The minimum Gasteiger partial charge on any atom is -0.359 e. The lowest BCUT2D eigenvalue weighted by molar-refractivity contribution is -0.117. The number of halogens is 1. The van der Waals surface area contributed by atoms with Gasteiger partial charge in [-0.1, -0.05) is 6.07 Å². The van der Waals surface area contributed by atoms with E-state index < -0.39 is 0 Å². The summed E-state index contributed by atoms with van der Waals surface area (Å²) in [4.78, 5) is 40.8. The summed E-state index contributed by atoms with van der Waals surface area (Å²) in [6.07, 6.45) is 3.18. The van der Waals surface area contributed by atoms with Crippen LogP contribution in [0.3, 0.4) is 0 Å². The van der Waals surface area contributed by atoms with E-state index in [9.17, 15) is 14.0 Å². The number of hydrogen-bond donors (Lipinski definition) is 2. The van der Waals surface area contributed by atoms with Crippen LogP contribution in [0, 0.1) is 5.82 Å². The number of benzene rings is 1. The molecule has 166 valence electrons. The van der Waals surface area contributed by atoms with Crippen LogP contribution in [-0.2, 0) is 17.9 Å². The quantitative estimate of drug-likeness (QED) is 0.493. The molecule has 1 aliphatic heterocycles. The van der Waals surface area contributed by atoms with Gasteiger partial charge in [0.15, 0.2) is 5.82 Å². The number of aromatic amines is 1. The molecular weight excluding hydrogens is 423 g/mol. The number of anilines is 2. The molecule has 0 spiro atoms. The molecule has 0 saturated heterocycles. The summed E-state index contributed by atoms with van der Waals surface area (Å²) in [6.45, 7) is 0.719. The molecule has 1 aromatic carbocycles. The zero-order valence-corrected chi connectivity index (χ0v) is 17.9. The lowest BCUT2D eigenvalue weighted by Crippen LogP contribution is -2.40. The van der Waals surface area contributed by atoms with Crippen LogP contribution < -0.4 is 10.2 Å². The molecule has 4 aromatic rings. The first kappa shape index (κ1) is 20.6. The van der Waals surface area contributed by atoms with E-state index in [0.29, 0.717) is 23.6 Å². The average molecular weight is 444 g/mol. The van der Waals surface area contributed by atoms with Crippen LogP contribution in [0.5, 0.6) is 0 Å². The highest BCUT2D eigenvalue weighted by molar-refractivity contribution is 6.04. The number of carbonyl (C=O) groups is 2. The number of nitrogens with one attached hydrogen (secondary N) is 2. The summed E-state index contributed by atoms with van der Waals surface area (Å²) in [5.74, 6) is -0.137. The smallest absolute Gasteiger partial charge is 0.255 e. The van der Waals surface area contributed by atoms with Crippen LogP contribution in [0.2, 0.25) is 0 Å². The molecule has 33 heavy (non-hydrogen) atoms. The normalized spacial score (nSPS) is 13.0. The number of pyridine rings is 2. The lowest BCUT2D eigenvalue weighted by atomic mass is 10.1. The SMILES string of the molecule is CN(Cc1cc2cc(F)ccc2[nH]1)C(=O)c1cnc2c(c1)N(Cc1ccccn1)C(=O)CN2. The van der Waals surface area contributed by atoms with Crippen LogP contribution in [-0.4, -0.2) is 45.3 Å². The molecule has 8 nitrogen and oxygen atoms in total. The zero-order valence-electron chi connectivity index (χ0n) is 17.9. The highest BCUT2D eigenvalue weighted by atomic mass is 19.1. The number of aromatic nitrogens is 3. The molecular formula is C24H21FN6O2. The van der Waals surface area contributed by atoms with E-state index in [1.807, 2.05) is 24.3 Å². The second-order valence-electron chi connectivity index (χ2n) is 7.93. The van der Waals surface area contributed by atoms with Crippen LogP contribution >= 0.6 is 0 Å². The van der Waals surface area contributed by atoms with Crippen molar-refractivity contribution in [3.63, 3.8) is 0 Å². The summed E-state index contributed by atoms with van der Waals surface area (Å²) in [6, 6.07) is 13.5. The second-order valence-corrected chi connectivity index (χ2v) is 7.93. The number of nitrogens with zero attached hydrogens (tertiary/aromatic N) is 4. The summed E-state index contributed by atoms with van der Waals surface area (Å²) in [7, 11) is 1.68. The molecule has 0 saturated carbocycles. The average Bonchev–Trinajstić information content (AvgIpc) is 3.22. The minimum absolute atomic E-state index is 0.126. The van der Waals surface area contributed by atoms with Gasteiger partial charge in [-0.2, -0.15) is 0 Å². The van der Waals surface area contributed by atoms with Gasteiger partial charge in [0.05, 0.1) is 36.6 Å². The van der Waals surface area contributed by atoms with Crippen molar-refractivity contribution < 1.29 is 14.0 Å². The number of amides is 2. The molecule has 2 N–H and O–H groups in total. The monoisotopic (exact) mass is 444 g/mol. The van der Waals surface area contributed by atoms with Crippen molar-refractivity contribution in [1.82, 2.24) is 19.9 Å². The maximum Gasteiger partial charge on any atom is 0.255 e. The molecule has 5 rings (SSSR count). The maximum absolute atomic E-state index is 13.5. The first-order chi connectivity index (χ1) is 16.0. The largest absolute Gasteiger partial charge is 0.359 e. The molecule has 9 heteroatoms. The van der Waals surface area contributed by atoms with Crippen LogP contribution in [0.15, 0.2) is 60.9 Å². The number of fused-ring (bicyclic) bond motifs is 2. The van der Waals surface area contributed by atoms with Crippen LogP contribution in [0.4, 0.5) is 15.9 Å². The van der Waals surface area contributed by atoms with Gasteiger partial charge in [-0.15, -0.1) is 0 Å². The van der Waals surface area contributed by atoms with Crippen molar-refractivity contribution in [1.29, 1.82) is 0 Å². The molecule has 0 atom stereocenters. The lowest BCUT2D eigenvalue weighted by Gasteiger charge is -2.29. The first-order valence-electron chi connectivity index (χ1n) is 10.4. The Labute approximate surface area is 189 Å². The van der Waals surface area contributed by atoms with Gasteiger partial charge >= 0.3 is 0 Å². The fraction of sp³-hybridized carbons (Fsp3) is 0.167. The van der Waals surface area contributed by atoms with E-state index in [1.54, 1.807) is 35.2 Å². The Bertz CT molecular complexity index is 1350. The second kappa shape index (κ2) is 8.34. The van der Waals surface area contributed by atoms with Crippen molar-refractivity contribution in [2.24, 2.45) is 0 Å². The molecule has 4 heterocycles. The predicted octanol–water partition coefficient (Wildman–Crippen LogP) is 3.33. The van der Waals surface area contributed by atoms with E-state index in [4.69, 9.17) is 0 Å². The van der Waals surface area contributed by atoms with Gasteiger partial charge in [-0.05, 0) is 42.5 Å². The fourth-order valence-corrected chi connectivity index (χ4v) is 3.92. The van der Waals surface area contributed by atoms with Crippen molar-refractivity contribution in [2.45, 2.75) is 13.1 Å². The Morgan fingerprint density at radius 2 is 2.06 bits per heavy atom. The minimum atomic E-state index is -0.309. The number of hydrogen-bond acceptors (Lipinski definition) is 5. The Hall–Kier alpha value is -4.27. The third-order valence-electron chi connectivity index (χ3n) is 5.55. The Morgan fingerprint density at radius 3 is 2.88 bits per heavy atom. The zero-order chi connectivity index (χ0) is 22.9. The first-order valence-corrected chi connectivity index (χ1v) is 10.4. The molecule has 1 aliphatic rings. The Morgan fingerprint density at radius 1 is 1.18 bits per heavy atom. The molecule has 0 unspecified atom stereocenters. The van der Waals surface area contributed by atoms with Gasteiger partial charge in [0, 0.05) is 36.0 Å². The van der Waals surface area contributed by atoms with Gasteiger partial charge in [0.1, 0.15) is 5.82 Å². The Kier molecular flexibility index (Phi) is 5.21. The summed E-state index contributed by atoms with van der Waals surface area (Å²) >= 11 is 0. The molecule has 0 fully saturated rings. The van der Waals surface area contributed by atoms with E-state index >= 15 is 0 Å². The van der Waals surface area contributed by atoms with Crippen molar-refractivity contribution in [3.8, 4) is 0 Å². The highest BCUT2D eigenvalue weighted by Gasteiger charge is 2.27. The molecule has 2 amide bonds. The third-order valence-corrected chi connectivity index (χ3v) is 5.55. The highest BCUT2D eigenvalue weighted by Crippen LogP contribution is 2.30. The number of H-pyrrole nitrogens is 1. The van der Waals surface area contributed by atoms with Crippen LogP contribution in [0.1, 0.15) is 21.7 Å². The number of rotatable bonds is 5. The third kappa shape index (κ3) is 4.12. The molecule has 0 radical (unpaired) electrons. The van der Waals surface area contributed by atoms with Gasteiger partial charge in [0.2, 0.25) is 5.91 Å². The van der Waals surface area contributed by atoms with Crippen molar-refractivity contribution >= 4 is 34.2 Å². The van der Waals surface area contributed by atoms with E-state index in [1.165, 1.54) is 18.3 Å². The maximum atomic E-state index is 13.5. The van der Waals surface area contributed by atoms with Crippen molar-refractivity contribution in [3.05, 3.63) is 83.7 Å². The topological polar surface area (TPSA) is 94.2 Å². The molecule has 0 aliphatic carbocycles. The number of carbonyl (C=O) groups excluding carboxylic acids is 2. The van der Waals surface area contributed by atoms with Crippen LogP contribution in [0.25, 0.3) is 10.9 Å². The van der Waals surface area contributed by atoms with E-state index in [-0.39, 0.29) is 30.7 Å². The predicted molar refractivity (Wildman–Crippen MR) is 122 cm³/mol. The van der Waals surface area contributed by atoms with Gasteiger partial charge in [-0.25, -0.2) is 9.37 Å². The molecule has 3 aromatic heterocycles. The summed E-state index contributed by atoms with van der Waals surface area (Å²) in [5.41, 5.74) is 3.23. The van der Waals surface area contributed by atoms with E-state index in [2.05, 4.69) is 20.3 Å².